The number of hydrogen-bond acceptors (Lipinski definition) is 4. The summed E-state index contributed by atoms with van der Waals surface area (Å²) in [6.45, 7) is 8.33. The Hall–Kier alpha value is -2.43. The summed E-state index contributed by atoms with van der Waals surface area (Å²) >= 11 is 0. The van der Waals surface area contributed by atoms with Gasteiger partial charge >= 0.3 is 0 Å². The van der Waals surface area contributed by atoms with Gasteiger partial charge in [0.25, 0.3) is 5.78 Å². The van der Waals surface area contributed by atoms with Crippen LogP contribution in [0, 0.1) is 20.8 Å². The lowest BCUT2D eigenvalue weighted by Gasteiger charge is -2.16. The van der Waals surface area contributed by atoms with Crippen LogP contribution < -0.4 is 5.32 Å². The van der Waals surface area contributed by atoms with E-state index < -0.39 is 0 Å². The molecule has 2 aromatic heterocycles. The van der Waals surface area contributed by atoms with Crippen LogP contribution in [0.4, 0.5) is 11.5 Å². The molecule has 3 aromatic rings. The smallest absolute Gasteiger partial charge is 0.254 e. The number of anilines is 2. The van der Waals surface area contributed by atoms with Gasteiger partial charge in [-0.2, -0.15) is 14.6 Å². The average Bonchev–Trinajstić information content (AvgIpc) is 2.91. The third-order valence-electron chi connectivity index (χ3n) is 3.73. The molecule has 5 heteroatoms. The summed E-state index contributed by atoms with van der Waals surface area (Å²) < 4.78 is 1.77. The number of hydrogen-bond donors (Lipinski definition) is 1. The highest BCUT2D eigenvalue weighted by Crippen LogP contribution is 2.26. The molecule has 0 aliphatic heterocycles. The van der Waals surface area contributed by atoms with E-state index in [4.69, 9.17) is 0 Å². The molecule has 2 heterocycles. The van der Waals surface area contributed by atoms with Gasteiger partial charge in [-0.15, -0.1) is 0 Å². The molecule has 108 valence electrons. The van der Waals surface area contributed by atoms with Gasteiger partial charge in [-0.05, 0) is 44.4 Å². The molecular formula is C16H19N5. The van der Waals surface area contributed by atoms with Crippen molar-refractivity contribution in [3.8, 4) is 0 Å². The predicted octanol–water partition coefficient (Wildman–Crippen LogP) is 3.36. The number of nitrogens with one attached hydrogen (secondary N) is 1. The second kappa shape index (κ2) is 5.16. The Balaban J connectivity index is 2.19. The summed E-state index contributed by atoms with van der Waals surface area (Å²) in [5.74, 6) is 1.57. The molecule has 1 aromatic carbocycles. The SMILES string of the molecule is CCc1c(C)nc2ncnn2c1Nc1cc(C)ccc1C. The molecule has 0 spiro atoms. The van der Waals surface area contributed by atoms with Crippen LogP contribution in [0.3, 0.4) is 0 Å². The molecule has 0 fully saturated rings. The first-order chi connectivity index (χ1) is 10.1. The molecule has 0 unspecified atom stereocenters. The Morgan fingerprint density at radius 2 is 2.00 bits per heavy atom. The number of benzene rings is 1. The van der Waals surface area contributed by atoms with Crippen molar-refractivity contribution in [2.45, 2.75) is 34.1 Å². The summed E-state index contributed by atoms with van der Waals surface area (Å²) in [6, 6.07) is 6.38. The van der Waals surface area contributed by atoms with Gasteiger partial charge in [0.15, 0.2) is 0 Å². The summed E-state index contributed by atoms with van der Waals surface area (Å²) in [5.41, 5.74) is 5.67. The van der Waals surface area contributed by atoms with E-state index >= 15 is 0 Å². The highest BCUT2D eigenvalue weighted by molar-refractivity contribution is 5.66. The number of fused-ring (bicyclic) bond motifs is 1. The zero-order chi connectivity index (χ0) is 15.0. The topological polar surface area (TPSA) is 55.1 Å². The highest BCUT2D eigenvalue weighted by Gasteiger charge is 2.14. The minimum absolute atomic E-state index is 0.623. The number of nitrogens with zero attached hydrogens (tertiary/aromatic N) is 4. The van der Waals surface area contributed by atoms with E-state index in [0.29, 0.717) is 5.78 Å². The van der Waals surface area contributed by atoms with E-state index in [1.165, 1.54) is 17.5 Å². The molecule has 0 aliphatic rings. The van der Waals surface area contributed by atoms with Crippen LogP contribution in [0.5, 0.6) is 0 Å². The Morgan fingerprint density at radius 1 is 1.19 bits per heavy atom. The van der Waals surface area contributed by atoms with Crippen molar-refractivity contribution in [3.63, 3.8) is 0 Å². The van der Waals surface area contributed by atoms with Crippen LogP contribution in [0.15, 0.2) is 24.5 Å². The average molecular weight is 281 g/mol. The Labute approximate surface area is 124 Å². The van der Waals surface area contributed by atoms with E-state index in [1.54, 1.807) is 4.52 Å². The minimum atomic E-state index is 0.623. The monoisotopic (exact) mass is 281 g/mol. The Morgan fingerprint density at radius 3 is 2.76 bits per heavy atom. The van der Waals surface area contributed by atoms with Gasteiger partial charge in [-0.3, -0.25) is 0 Å². The highest BCUT2D eigenvalue weighted by atomic mass is 15.4. The van der Waals surface area contributed by atoms with Crippen LogP contribution in [0.1, 0.15) is 29.3 Å². The maximum Gasteiger partial charge on any atom is 0.254 e. The third-order valence-corrected chi connectivity index (χ3v) is 3.73. The molecule has 0 amide bonds. The van der Waals surface area contributed by atoms with Crippen LogP contribution in [0.25, 0.3) is 5.78 Å². The molecule has 0 atom stereocenters. The first kappa shape index (κ1) is 13.5. The van der Waals surface area contributed by atoms with Gasteiger partial charge in [0.2, 0.25) is 0 Å². The van der Waals surface area contributed by atoms with E-state index in [-0.39, 0.29) is 0 Å². The number of aryl methyl sites for hydroxylation is 3. The van der Waals surface area contributed by atoms with Crippen molar-refractivity contribution in [2.75, 3.05) is 5.32 Å². The molecule has 1 N–H and O–H groups in total. The van der Waals surface area contributed by atoms with Crippen molar-refractivity contribution >= 4 is 17.3 Å². The number of rotatable bonds is 3. The standard InChI is InChI=1S/C16H19N5/c1-5-13-12(4)19-16-17-9-18-21(16)15(13)20-14-8-10(2)6-7-11(14)3/h6-9,20H,5H2,1-4H3. The van der Waals surface area contributed by atoms with E-state index in [2.05, 4.69) is 59.4 Å². The van der Waals surface area contributed by atoms with Gasteiger partial charge in [0.1, 0.15) is 12.1 Å². The zero-order valence-electron chi connectivity index (χ0n) is 12.8. The molecule has 21 heavy (non-hydrogen) atoms. The van der Waals surface area contributed by atoms with Gasteiger partial charge in [0, 0.05) is 16.9 Å². The quantitative estimate of drug-likeness (QED) is 0.800. The molecule has 0 bridgehead atoms. The van der Waals surface area contributed by atoms with E-state index in [9.17, 15) is 0 Å². The lowest BCUT2D eigenvalue weighted by atomic mass is 10.1. The molecule has 0 saturated carbocycles. The Bertz CT molecular complexity index is 804. The largest absolute Gasteiger partial charge is 0.340 e. The van der Waals surface area contributed by atoms with Crippen molar-refractivity contribution < 1.29 is 0 Å². The maximum atomic E-state index is 4.50. The summed E-state index contributed by atoms with van der Waals surface area (Å²) in [6.07, 6.45) is 2.43. The van der Waals surface area contributed by atoms with Crippen LogP contribution in [-0.2, 0) is 6.42 Å². The molecule has 0 radical (unpaired) electrons. The number of aromatic nitrogens is 4. The van der Waals surface area contributed by atoms with Gasteiger partial charge in [0.05, 0.1) is 0 Å². The lowest BCUT2D eigenvalue weighted by molar-refractivity contribution is 0.903. The molecular weight excluding hydrogens is 262 g/mol. The minimum Gasteiger partial charge on any atom is -0.340 e. The molecule has 0 aliphatic carbocycles. The zero-order valence-corrected chi connectivity index (χ0v) is 12.8. The molecule has 0 saturated heterocycles. The second-order valence-electron chi connectivity index (χ2n) is 5.29. The maximum absolute atomic E-state index is 4.50. The molecule has 3 rings (SSSR count). The first-order valence-electron chi connectivity index (χ1n) is 7.13. The van der Waals surface area contributed by atoms with Crippen LogP contribution in [0.2, 0.25) is 0 Å². The van der Waals surface area contributed by atoms with Crippen LogP contribution in [-0.4, -0.2) is 19.6 Å². The summed E-state index contributed by atoms with van der Waals surface area (Å²) in [4.78, 5) is 8.70. The van der Waals surface area contributed by atoms with Gasteiger partial charge in [-0.25, -0.2) is 4.98 Å². The van der Waals surface area contributed by atoms with Crippen LogP contribution >= 0.6 is 0 Å². The fraction of sp³-hybridized carbons (Fsp3) is 0.312. The third kappa shape index (κ3) is 2.35. The Kier molecular flexibility index (Phi) is 3.33. The fourth-order valence-electron chi connectivity index (χ4n) is 2.54. The fourth-order valence-corrected chi connectivity index (χ4v) is 2.54. The van der Waals surface area contributed by atoms with Gasteiger partial charge < -0.3 is 5.32 Å². The van der Waals surface area contributed by atoms with Crippen molar-refractivity contribution in [1.29, 1.82) is 0 Å². The van der Waals surface area contributed by atoms with Crippen molar-refractivity contribution in [2.24, 2.45) is 0 Å². The lowest BCUT2D eigenvalue weighted by Crippen LogP contribution is -2.08. The van der Waals surface area contributed by atoms with Crippen molar-refractivity contribution in [1.82, 2.24) is 19.6 Å². The van der Waals surface area contributed by atoms with E-state index in [0.717, 1.165) is 29.2 Å². The normalized spacial score (nSPS) is 11.0. The van der Waals surface area contributed by atoms with E-state index in [1.807, 2.05) is 6.92 Å². The first-order valence-corrected chi connectivity index (χ1v) is 7.13. The summed E-state index contributed by atoms with van der Waals surface area (Å²) in [7, 11) is 0. The summed E-state index contributed by atoms with van der Waals surface area (Å²) in [5, 5.41) is 7.82. The van der Waals surface area contributed by atoms with Gasteiger partial charge in [-0.1, -0.05) is 19.1 Å². The molecule has 5 nitrogen and oxygen atoms in total. The predicted molar refractivity (Wildman–Crippen MR) is 84.1 cm³/mol. The second-order valence-corrected chi connectivity index (χ2v) is 5.29. The van der Waals surface area contributed by atoms with Crippen molar-refractivity contribution in [3.05, 3.63) is 46.9 Å².